The molecule has 4 rings (SSSR count). The molecule has 152 valence electrons. The van der Waals surface area contributed by atoms with Crippen molar-refractivity contribution in [2.45, 2.75) is 19.9 Å². The normalized spacial score (nSPS) is 10.8. The summed E-state index contributed by atoms with van der Waals surface area (Å²) in [6.45, 7) is 2.65. The number of nitrogens with one attached hydrogen (secondary N) is 2. The van der Waals surface area contributed by atoms with Gasteiger partial charge < -0.3 is 5.32 Å². The largest absolute Gasteiger partial charge is 0.354 e. The Bertz CT molecular complexity index is 1210. The Kier molecular flexibility index (Phi) is 5.85. The van der Waals surface area contributed by atoms with Crippen molar-refractivity contribution in [1.29, 1.82) is 0 Å². The van der Waals surface area contributed by atoms with E-state index >= 15 is 0 Å². The maximum absolute atomic E-state index is 12.5. The average Bonchev–Trinajstić information content (AvgIpc) is 3.36. The molecule has 7 nitrogen and oxygen atoms in total. The Morgan fingerprint density at radius 2 is 2.00 bits per heavy atom. The van der Waals surface area contributed by atoms with Crippen molar-refractivity contribution < 1.29 is 4.79 Å². The minimum Gasteiger partial charge on any atom is -0.354 e. The number of hydrogen-bond donors (Lipinski definition) is 2. The summed E-state index contributed by atoms with van der Waals surface area (Å²) < 4.78 is 3.97. The molecule has 2 heterocycles. The van der Waals surface area contributed by atoms with Crippen molar-refractivity contribution in [3.8, 4) is 17.1 Å². The topological polar surface area (TPSA) is 80.5 Å². The molecule has 2 aromatic carbocycles. The fraction of sp³-hybridized carbons (Fsp3) is 0.182. The summed E-state index contributed by atoms with van der Waals surface area (Å²) in [5.74, 6) is 0.542. The van der Waals surface area contributed by atoms with E-state index in [2.05, 4.69) is 20.6 Å². The number of carbonyl (C=O) groups excluding carboxylic acids is 1. The van der Waals surface area contributed by atoms with E-state index in [0.29, 0.717) is 23.6 Å². The van der Waals surface area contributed by atoms with E-state index in [1.165, 1.54) is 0 Å². The van der Waals surface area contributed by atoms with Gasteiger partial charge in [0.05, 0.1) is 11.9 Å². The molecule has 1 amide bonds. The molecule has 0 fully saturated rings. The second-order valence-corrected chi connectivity index (χ2v) is 7.42. The van der Waals surface area contributed by atoms with Crippen LogP contribution in [0.1, 0.15) is 11.1 Å². The van der Waals surface area contributed by atoms with Crippen molar-refractivity contribution in [2.75, 3.05) is 6.54 Å². The Hall–Kier alpha value is -3.52. The van der Waals surface area contributed by atoms with Gasteiger partial charge in [-0.3, -0.25) is 14.5 Å². The van der Waals surface area contributed by atoms with Crippen LogP contribution in [0.2, 0.25) is 0 Å². The minimum absolute atomic E-state index is 0.113. The first-order valence-electron chi connectivity index (χ1n) is 9.68. The summed E-state index contributed by atoms with van der Waals surface area (Å²) >= 11 is 5.32. The monoisotopic (exact) mass is 418 g/mol. The van der Waals surface area contributed by atoms with Gasteiger partial charge in [0.2, 0.25) is 5.91 Å². The summed E-state index contributed by atoms with van der Waals surface area (Å²) in [5, 5.41) is 14.4. The molecule has 0 saturated heterocycles. The standard InChI is InChI=1S/C22H22N6OS/c1-16-6-5-7-18(12-16)21-25-26-22(30)27(21)15-20(29)23-11-10-17-13-24-28(14-17)19-8-3-2-4-9-19/h2-9,12-14H,10-11,15H2,1H3,(H,23,29)(H,26,30). The summed E-state index contributed by atoms with van der Waals surface area (Å²) in [6, 6.07) is 17.9. The Morgan fingerprint density at radius 1 is 1.17 bits per heavy atom. The van der Waals surface area contributed by atoms with Gasteiger partial charge in [0.1, 0.15) is 6.54 Å². The van der Waals surface area contributed by atoms with E-state index in [9.17, 15) is 4.79 Å². The molecule has 0 aliphatic rings. The molecular formula is C22H22N6OS. The highest BCUT2D eigenvalue weighted by molar-refractivity contribution is 7.71. The second-order valence-electron chi connectivity index (χ2n) is 7.04. The molecule has 0 saturated carbocycles. The minimum atomic E-state index is -0.114. The van der Waals surface area contributed by atoms with E-state index in [-0.39, 0.29) is 12.5 Å². The van der Waals surface area contributed by atoms with Crippen LogP contribution in [0, 0.1) is 11.7 Å². The zero-order chi connectivity index (χ0) is 20.9. The lowest BCUT2D eigenvalue weighted by Gasteiger charge is -2.08. The third kappa shape index (κ3) is 4.55. The number of H-pyrrole nitrogens is 1. The van der Waals surface area contributed by atoms with Crippen LogP contribution in [0.4, 0.5) is 0 Å². The number of nitrogens with zero attached hydrogens (tertiary/aromatic N) is 4. The van der Waals surface area contributed by atoms with Gasteiger partial charge in [-0.15, -0.1) is 0 Å². The van der Waals surface area contributed by atoms with Crippen LogP contribution < -0.4 is 5.32 Å². The molecule has 30 heavy (non-hydrogen) atoms. The van der Waals surface area contributed by atoms with Crippen molar-refractivity contribution >= 4 is 18.1 Å². The van der Waals surface area contributed by atoms with E-state index in [1.807, 2.05) is 78.6 Å². The summed E-state index contributed by atoms with van der Waals surface area (Å²) in [6.07, 6.45) is 4.49. The number of amides is 1. The fourth-order valence-corrected chi connectivity index (χ4v) is 3.42. The molecule has 2 N–H and O–H groups in total. The Balaban J connectivity index is 1.36. The van der Waals surface area contributed by atoms with Gasteiger partial charge in [0, 0.05) is 18.3 Å². The zero-order valence-electron chi connectivity index (χ0n) is 16.6. The van der Waals surface area contributed by atoms with Gasteiger partial charge >= 0.3 is 0 Å². The van der Waals surface area contributed by atoms with E-state index in [0.717, 1.165) is 22.4 Å². The number of aromatic nitrogens is 5. The molecule has 4 aromatic rings. The van der Waals surface area contributed by atoms with E-state index < -0.39 is 0 Å². The van der Waals surface area contributed by atoms with Crippen LogP contribution in [0.3, 0.4) is 0 Å². The van der Waals surface area contributed by atoms with Crippen LogP contribution in [0.5, 0.6) is 0 Å². The molecule has 0 aliphatic heterocycles. The molecule has 0 radical (unpaired) electrons. The maximum atomic E-state index is 12.5. The lowest BCUT2D eigenvalue weighted by atomic mass is 10.1. The average molecular weight is 419 g/mol. The number of hydrogen-bond acceptors (Lipinski definition) is 4. The SMILES string of the molecule is Cc1cccc(-c2n[nH]c(=S)n2CC(=O)NCCc2cnn(-c3ccccc3)c2)c1. The molecule has 0 unspecified atom stereocenters. The highest BCUT2D eigenvalue weighted by Gasteiger charge is 2.12. The van der Waals surface area contributed by atoms with Gasteiger partial charge in [0.15, 0.2) is 10.6 Å². The van der Waals surface area contributed by atoms with Crippen molar-refractivity contribution in [1.82, 2.24) is 29.9 Å². The van der Waals surface area contributed by atoms with Gasteiger partial charge in [0.25, 0.3) is 0 Å². The van der Waals surface area contributed by atoms with E-state index in [4.69, 9.17) is 12.2 Å². The predicted octanol–water partition coefficient (Wildman–Crippen LogP) is 3.46. The summed E-state index contributed by atoms with van der Waals surface area (Å²) in [7, 11) is 0. The quantitative estimate of drug-likeness (QED) is 0.451. The number of aryl methyl sites for hydroxylation is 1. The second kappa shape index (κ2) is 8.87. The van der Waals surface area contributed by atoms with Gasteiger partial charge in [-0.05, 0) is 49.3 Å². The molecule has 2 aromatic heterocycles. The molecule has 0 aliphatic carbocycles. The summed E-state index contributed by atoms with van der Waals surface area (Å²) in [5.41, 5.74) is 4.10. The third-order valence-corrected chi connectivity index (χ3v) is 5.04. The fourth-order valence-electron chi connectivity index (χ4n) is 3.23. The number of aromatic amines is 1. The number of para-hydroxylation sites is 1. The van der Waals surface area contributed by atoms with Gasteiger partial charge in [-0.25, -0.2) is 4.68 Å². The number of benzene rings is 2. The van der Waals surface area contributed by atoms with E-state index in [1.54, 1.807) is 4.57 Å². The number of carbonyl (C=O) groups is 1. The first-order valence-corrected chi connectivity index (χ1v) is 10.1. The molecule has 8 heteroatoms. The van der Waals surface area contributed by atoms with Crippen molar-refractivity contribution in [2.24, 2.45) is 0 Å². The molecule has 0 atom stereocenters. The Morgan fingerprint density at radius 3 is 2.80 bits per heavy atom. The highest BCUT2D eigenvalue weighted by atomic mass is 32.1. The van der Waals surface area contributed by atoms with Crippen molar-refractivity contribution in [3.63, 3.8) is 0 Å². The molecule has 0 spiro atoms. The molecule has 0 bridgehead atoms. The van der Waals surface area contributed by atoms with Crippen LogP contribution >= 0.6 is 12.2 Å². The summed E-state index contributed by atoms with van der Waals surface area (Å²) in [4.78, 5) is 12.5. The van der Waals surface area contributed by atoms with Crippen LogP contribution in [-0.4, -0.2) is 37.0 Å². The van der Waals surface area contributed by atoms with Gasteiger partial charge in [-0.2, -0.15) is 10.2 Å². The van der Waals surface area contributed by atoms with Gasteiger partial charge in [-0.1, -0.05) is 42.0 Å². The molecular weight excluding hydrogens is 396 g/mol. The first kappa shape index (κ1) is 19.8. The maximum Gasteiger partial charge on any atom is 0.240 e. The number of rotatable bonds is 7. The lowest BCUT2D eigenvalue weighted by molar-refractivity contribution is -0.121. The smallest absolute Gasteiger partial charge is 0.240 e. The zero-order valence-corrected chi connectivity index (χ0v) is 17.4. The highest BCUT2D eigenvalue weighted by Crippen LogP contribution is 2.18. The van der Waals surface area contributed by atoms with Crippen LogP contribution in [0.15, 0.2) is 67.0 Å². The van der Waals surface area contributed by atoms with Crippen molar-refractivity contribution in [3.05, 3.63) is 82.9 Å². The Labute approximate surface area is 179 Å². The lowest BCUT2D eigenvalue weighted by Crippen LogP contribution is -2.29. The predicted molar refractivity (Wildman–Crippen MR) is 118 cm³/mol. The first-order chi connectivity index (χ1) is 14.6. The van der Waals surface area contributed by atoms with Crippen LogP contribution in [-0.2, 0) is 17.8 Å². The third-order valence-electron chi connectivity index (χ3n) is 4.73. The van der Waals surface area contributed by atoms with Crippen LogP contribution in [0.25, 0.3) is 17.1 Å².